The predicted octanol–water partition coefficient (Wildman–Crippen LogP) is 4.45. The number of hydrogen-bond donors (Lipinski definition) is 1. The van der Waals surface area contributed by atoms with Crippen molar-refractivity contribution in [1.29, 1.82) is 0 Å². The van der Waals surface area contributed by atoms with Gasteiger partial charge in [-0.15, -0.1) is 11.3 Å². The van der Waals surface area contributed by atoms with Gasteiger partial charge in [-0.3, -0.25) is 4.79 Å². The summed E-state index contributed by atoms with van der Waals surface area (Å²) in [6, 6.07) is 17.0. The Kier molecular flexibility index (Phi) is 4.69. The molecule has 1 aliphatic heterocycles. The molecule has 5 nitrogen and oxygen atoms in total. The van der Waals surface area contributed by atoms with Crippen LogP contribution >= 0.6 is 22.9 Å². The lowest BCUT2D eigenvalue weighted by Crippen LogP contribution is -2.30. The van der Waals surface area contributed by atoms with Gasteiger partial charge in [-0.1, -0.05) is 59.2 Å². The maximum atomic E-state index is 12.7. The summed E-state index contributed by atoms with van der Waals surface area (Å²) in [4.78, 5) is 22.3. The molecule has 0 unspecified atom stereocenters. The SMILES string of the molecule is O=C(Nc1nc(-c2ccc(Cl)cc2)cs1)[C@@H]1CON=C1c1ccccc1. The summed E-state index contributed by atoms with van der Waals surface area (Å²) in [5, 5.41) is 10.0. The van der Waals surface area contributed by atoms with Gasteiger partial charge in [0.25, 0.3) is 0 Å². The predicted molar refractivity (Wildman–Crippen MR) is 104 cm³/mol. The van der Waals surface area contributed by atoms with E-state index in [-0.39, 0.29) is 12.5 Å². The van der Waals surface area contributed by atoms with Crippen LogP contribution in [0.1, 0.15) is 5.56 Å². The molecule has 3 aromatic rings. The Morgan fingerprint density at radius 3 is 2.65 bits per heavy atom. The van der Waals surface area contributed by atoms with Crippen molar-refractivity contribution >= 4 is 39.7 Å². The number of halogens is 1. The van der Waals surface area contributed by atoms with Crippen molar-refractivity contribution < 1.29 is 9.63 Å². The first kappa shape index (κ1) is 16.8. The number of aromatic nitrogens is 1. The number of carbonyl (C=O) groups is 1. The number of hydrogen-bond acceptors (Lipinski definition) is 5. The van der Waals surface area contributed by atoms with Crippen molar-refractivity contribution in [2.24, 2.45) is 11.1 Å². The van der Waals surface area contributed by atoms with E-state index in [9.17, 15) is 4.79 Å². The highest BCUT2D eigenvalue weighted by Crippen LogP contribution is 2.27. The second kappa shape index (κ2) is 7.27. The minimum atomic E-state index is -0.458. The third kappa shape index (κ3) is 3.47. The van der Waals surface area contributed by atoms with Gasteiger partial charge in [0.05, 0.1) is 5.69 Å². The minimum absolute atomic E-state index is 0.179. The number of thiazole rings is 1. The summed E-state index contributed by atoms with van der Waals surface area (Å²) in [7, 11) is 0. The lowest BCUT2D eigenvalue weighted by Gasteiger charge is -2.09. The maximum absolute atomic E-state index is 12.7. The Morgan fingerprint density at radius 1 is 1.12 bits per heavy atom. The van der Waals surface area contributed by atoms with E-state index in [0.29, 0.717) is 15.9 Å². The van der Waals surface area contributed by atoms with Crippen LogP contribution in [0.15, 0.2) is 65.1 Å². The van der Waals surface area contributed by atoms with Gasteiger partial charge in [-0.25, -0.2) is 4.98 Å². The number of rotatable bonds is 4. The second-order valence-electron chi connectivity index (χ2n) is 5.72. The maximum Gasteiger partial charge on any atom is 0.239 e. The van der Waals surface area contributed by atoms with E-state index in [1.54, 1.807) is 0 Å². The summed E-state index contributed by atoms with van der Waals surface area (Å²) in [5.41, 5.74) is 3.26. The van der Waals surface area contributed by atoms with E-state index >= 15 is 0 Å². The number of carbonyl (C=O) groups excluding carboxylic acids is 1. The number of nitrogens with one attached hydrogen (secondary N) is 1. The zero-order valence-electron chi connectivity index (χ0n) is 13.6. The monoisotopic (exact) mass is 383 g/mol. The van der Waals surface area contributed by atoms with E-state index in [1.807, 2.05) is 60.0 Å². The van der Waals surface area contributed by atoms with Crippen LogP contribution in [-0.2, 0) is 9.63 Å². The van der Waals surface area contributed by atoms with Gasteiger partial charge < -0.3 is 10.2 Å². The fourth-order valence-corrected chi connectivity index (χ4v) is 3.51. The largest absolute Gasteiger partial charge is 0.394 e. The molecule has 0 radical (unpaired) electrons. The molecule has 0 aliphatic carbocycles. The molecule has 0 spiro atoms. The highest BCUT2D eigenvalue weighted by atomic mass is 35.5. The Morgan fingerprint density at radius 2 is 1.88 bits per heavy atom. The van der Waals surface area contributed by atoms with Crippen LogP contribution < -0.4 is 5.32 Å². The molecule has 1 aromatic heterocycles. The molecule has 0 saturated carbocycles. The standard InChI is InChI=1S/C19H14ClN3O2S/c20-14-8-6-12(7-9-14)16-11-26-19(21-16)22-18(24)15-10-25-23-17(15)13-4-2-1-3-5-13/h1-9,11,15H,10H2,(H,21,22,24)/t15-/m1/s1. The number of nitrogens with zero attached hydrogens (tertiary/aromatic N) is 2. The zero-order valence-corrected chi connectivity index (χ0v) is 15.1. The van der Waals surface area contributed by atoms with Crippen LogP contribution in [0.3, 0.4) is 0 Å². The zero-order chi connectivity index (χ0) is 17.9. The molecule has 1 atom stereocenters. The number of benzene rings is 2. The Balaban J connectivity index is 1.48. The number of anilines is 1. The van der Waals surface area contributed by atoms with E-state index in [2.05, 4.69) is 15.5 Å². The van der Waals surface area contributed by atoms with Crippen molar-refractivity contribution in [2.45, 2.75) is 0 Å². The van der Waals surface area contributed by atoms with Gasteiger partial charge in [0.1, 0.15) is 18.2 Å². The molecule has 2 aromatic carbocycles. The summed E-state index contributed by atoms with van der Waals surface area (Å²) in [5.74, 6) is -0.637. The van der Waals surface area contributed by atoms with Gasteiger partial charge in [-0.05, 0) is 12.1 Å². The van der Waals surface area contributed by atoms with Crippen molar-refractivity contribution in [3.63, 3.8) is 0 Å². The van der Waals surface area contributed by atoms with Gasteiger partial charge in [0.15, 0.2) is 5.13 Å². The molecule has 26 heavy (non-hydrogen) atoms. The van der Waals surface area contributed by atoms with Crippen LogP contribution in [0.5, 0.6) is 0 Å². The first-order valence-electron chi connectivity index (χ1n) is 7.98. The molecule has 1 aliphatic rings. The third-order valence-corrected chi connectivity index (χ3v) is 5.00. The highest BCUT2D eigenvalue weighted by molar-refractivity contribution is 7.14. The first-order valence-corrected chi connectivity index (χ1v) is 9.24. The average molecular weight is 384 g/mol. The summed E-state index contributed by atoms with van der Waals surface area (Å²) in [6.45, 7) is 0.228. The highest BCUT2D eigenvalue weighted by Gasteiger charge is 2.32. The summed E-state index contributed by atoms with van der Waals surface area (Å²) < 4.78 is 0. The lowest BCUT2D eigenvalue weighted by molar-refractivity contribution is -0.118. The Bertz CT molecular complexity index is 954. The number of amides is 1. The van der Waals surface area contributed by atoms with E-state index < -0.39 is 5.92 Å². The van der Waals surface area contributed by atoms with Crippen molar-refractivity contribution in [3.05, 3.63) is 70.6 Å². The normalized spacial score (nSPS) is 16.0. The van der Waals surface area contributed by atoms with Crippen LogP contribution in [0.2, 0.25) is 5.02 Å². The second-order valence-corrected chi connectivity index (χ2v) is 7.02. The lowest BCUT2D eigenvalue weighted by atomic mass is 9.97. The molecular weight excluding hydrogens is 370 g/mol. The molecule has 7 heteroatoms. The van der Waals surface area contributed by atoms with Crippen molar-refractivity contribution in [3.8, 4) is 11.3 Å². The van der Waals surface area contributed by atoms with Crippen LogP contribution in [0, 0.1) is 5.92 Å². The van der Waals surface area contributed by atoms with E-state index in [1.165, 1.54) is 11.3 Å². The Labute approximate surface area is 159 Å². The molecule has 1 N–H and O–H groups in total. The van der Waals surface area contributed by atoms with Gasteiger partial charge in [-0.2, -0.15) is 0 Å². The molecule has 0 saturated heterocycles. The third-order valence-electron chi connectivity index (χ3n) is 3.99. The average Bonchev–Trinajstić information content (AvgIpc) is 3.32. The van der Waals surface area contributed by atoms with E-state index in [0.717, 1.165) is 16.8 Å². The van der Waals surface area contributed by atoms with Crippen LogP contribution in [0.4, 0.5) is 5.13 Å². The van der Waals surface area contributed by atoms with Crippen LogP contribution in [0.25, 0.3) is 11.3 Å². The number of oxime groups is 1. The Hall–Kier alpha value is -2.70. The first-order chi connectivity index (χ1) is 12.7. The smallest absolute Gasteiger partial charge is 0.239 e. The van der Waals surface area contributed by atoms with Crippen LogP contribution in [-0.4, -0.2) is 23.2 Å². The molecule has 4 rings (SSSR count). The van der Waals surface area contributed by atoms with Gasteiger partial charge >= 0.3 is 0 Å². The molecule has 0 fully saturated rings. The quantitative estimate of drug-likeness (QED) is 0.723. The van der Waals surface area contributed by atoms with Crippen molar-refractivity contribution in [2.75, 3.05) is 11.9 Å². The molecule has 1 amide bonds. The van der Waals surface area contributed by atoms with Gasteiger partial charge in [0, 0.05) is 21.5 Å². The summed E-state index contributed by atoms with van der Waals surface area (Å²) >= 11 is 7.29. The fourth-order valence-electron chi connectivity index (χ4n) is 2.66. The molecular formula is C19H14ClN3O2S. The minimum Gasteiger partial charge on any atom is -0.394 e. The van der Waals surface area contributed by atoms with Gasteiger partial charge in [0.2, 0.25) is 5.91 Å². The topological polar surface area (TPSA) is 63.6 Å². The summed E-state index contributed by atoms with van der Waals surface area (Å²) in [6.07, 6.45) is 0. The fraction of sp³-hybridized carbons (Fsp3) is 0.105. The van der Waals surface area contributed by atoms with E-state index in [4.69, 9.17) is 16.4 Å². The molecule has 2 heterocycles. The molecule has 130 valence electrons. The molecule has 0 bridgehead atoms. The van der Waals surface area contributed by atoms with Crippen molar-refractivity contribution in [1.82, 2.24) is 4.98 Å².